The molecule has 0 spiro atoms. The average Bonchev–Trinajstić information content (AvgIpc) is 2.86. The van der Waals surface area contributed by atoms with E-state index in [1.165, 1.54) is 11.3 Å². The Balaban J connectivity index is 1.71. The molecule has 1 saturated heterocycles. The summed E-state index contributed by atoms with van der Waals surface area (Å²) in [6.45, 7) is 2.85. The van der Waals surface area contributed by atoms with Crippen LogP contribution in [0.25, 0.3) is 0 Å². The zero-order valence-corrected chi connectivity index (χ0v) is 12.8. The Bertz CT molecular complexity index is 458. The van der Waals surface area contributed by atoms with Crippen molar-refractivity contribution in [3.8, 4) is 0 Å². The van der Waals surface area contributed by atoms with Gasteiger partial charge in [-0.3, -0.25) is 9.59 Å². The Hall–Kier alpha value is -0.920. The number of nitrogens with one attached hydrogen (secondary N) is 1. The van der Waals surface area contributed by atoms with Gasteiger partial charge in [-0.05, 0) is 22.0 Å². The van der Waals surface area contributed by atoms with Crippen LogP contribution in [-0.4, -0.2) is 49.6 Å². The number of thiophene rings is 1. The molecule has 1 aliphatic rings. The van der Waals surface area contributed by atoms with Crippen molar-refractivity contribution in [2.75, 3.05) is 32.8 Å². The Kier molecular flexibility index (Phi) is 5.35. The molecular weight excluding hydrogens is 332 g/mol. The summed E-state index contributed by atoms with van der Waals surface area (Å²) in [5.41, 5.74) is 0.621. The van der Waals surface area contributed by atoms with Gasteiger partial charge in [-0.1, -0.05) is 0 Å². The van der Waals surface area contributed by atoms with E-state index in [0.29, 0.717) is 44.8 Å². The fourth-order valence-electron chi connectivity index (χ4n) is 1.79. The van der Waals surface area contributed by atoms with Gasteiger partial charge in [0.25, 0.3) is 5.91 Å². The Morgan fingerprint density at radius 2 is 2.16 bits per heavy atom. The van der Waals surface area contributed by atoms with E-state index in [4.69, 9.17) is 4.74 Å². The number of nitrogens with zero attached hydrogens (tertiary/aromatic N) is 1. The van der Waals surface area contributed by atoms with Crippen molar-refractivity contribution in [2.24, 2.45) is 0 Å². The van der Waals surface area contributed by atoms with Crippen LogP contribution in [-0.2, 0) is 9.53 Å². The van der Waals surface area contributed by atoms with Gasteiger partial charge >= 0.3 is 0 Å². The molecule has 0 unspecified atom stereocenters. The minimum Gasteiger partial charge on any atom is -0.378 e. The first kappa shape index (κ1) is 14.5. The van der Waals surface area contributed by atoms with Crippen LogP contribution in [0.5, 0.6) is 0 Å². The molecule has 0 aliphatic carbocycles. The van der Waals surface area contributed by atoms with Crippen molar-refractivity contribution < 1.29 is 14.3 Å². The normalized spacial score (nSPS) is 15.3. The van der Waals surface area contributed by atoms with E-state index in [1.54, 1.807) is 16.3 Å². The number of morpholine rings is 1. The average molecular weight is 347 g/mol. The van der Waals surface area contributed by atoms with E-state index in [0.717, 1.165) is 3.79 Å². The van der Waals surface area contributed by atoms with Crippen molar-refractivity contribution in [1.29, 1.82) is 0 Å². The predicted molar refractivity (Wildman–Crippen MR) is 76.4 cm³/mol. The van der Waals surface area contributed by atoms with Gasteiger partial charge in [0, 0.05) is 31.4 Å². The van der Waals surface area contributed by atoms with Crippen LogP contribution in [0.4, 0.5) is 0 Å². The molecule has 7 heteroatoms. The maximum atomic E-state index is 11.8. The topological polar surface area (TPSA) is 58.6 Å². The molecular formula is C12H15BrN2O3S. The quantitative estimate of drug-likeness (QED) is 0.898. The lowest BCUT2D eigenvalue weighted by Crippen LogP contribution is -2.42. The first-order valence-corrected chi connectivity index (χ1v) is 7.72. The standard InChI is InChI=1S/C12H15BrN2O3S/c13-10-7-9(8-19-10)12(17)14-2-1-11(16)15-3-5-18-6-4-15/h7-8H,1-6H2,(H,14,17). The smallest absolute Gasteiger partial charge is 0.252 e. The second-order valence-electron chi connectivity index (χ2n) is 4.14. The van der Waals surface area contributed by atoms with Crippen LogP contribution >= 0.6 is 27.3 Å². The van der Waals surface area contributed by atoms with Crippen molar-refractivity contribution >= 4 is 39.1 Å². The third-order valence-electron chi connectivity index (χ3n) is 2.82. The second kappa shape index (κ2) is 7.02. The van der Waals surface area contributed by atoms with E-state index < -0.39 is 0 Å². The largest absolute Gasteiger partial charge is 0.378 e. The molecule has 0 radical (unpaired) electrons. The van der Waals surface area contributed by atoms with Crippen molar-refractivity contribution in [3.05, 3.63) is 20.8 Å². The summed E-state index contributed by atoms with van der Waals surface area (Å²) in [4.78, 5) is 25.4. The summed E-state index contributed by atoms with van der Waals surface area (Å²) in [7, 11) is 0. The molecule has 1 fully saturated rings. The third-order valence-corrected chi connectivity index (χ3v) is 4.32. The second-order valence-corrected chi connectivity index (χ2v) is 6.43. The monoisotopic (exact) mass is 346 g/mol. The van der Waals surface area contributed by atoms with Gasteiger partial charge in [-0.15, -0.1) is 11.3 Å². The SMILES string of the molecule is O=C(NCCC(=O)N1CCOCC1)c1csc(Br)c1. The first-order valence-electron chi connectivity index (χ1n) is 6.04. The molecule has 1 aromatic rings. The number of hydrogen-bond acceptors (Lipinski definition) is 4. The summed E-state index contributed by atoms with van der Waals surface area (Å²) in [6.07, 6.45) is 0.330. The predicted octanol–water partition coefficient (Wildman–Crippen LogP) is 1.49. The molecule has 1 aliphatic heterocycles. The molecule has 0 saturated carbocycles. The lowest BCUT2D eigenvalue weighted by Gasteiger charge is -2.26. The Morgan fingerprint density at radius 1 is 1.42 bits per heavy atom. The first-order chi connectivity index (χ1) is 9.16. The maximum Gasteiger partial charge on any atom is 0.252 e. The number of carbonyl (C=O) groups excluding carboxylic acids is 2. The molecule has 0 bridgehead atoms. The molecule has 104 valence electrons. The summed E-state index contributed by atoms with van der Waals surface area (Å²) in [5.74, 6) is -0.0770. The van der Waals surface area contributed by atoms with E-state index >= 15 is 0 Å². The number of carbonyl (C=O) groups is 2. The van der Waals surface area contributed by atoms with Gasteiger partial charge in [0.05, 0.1) is 22.6 Å². The summed E-state index contributed by atoms with van der Waals surface area (Å²) < 4.78 is 6.10. The van der Waals surface area contributed by atoms with Gasteiger partial charge in [-0.25, -0.2) is 0 Å². The number of rotatable bonds is 4. The lowest BCUT2D eigenvalue weighted by molar-refractivity contribution is -0.135. The van der Waals surface area contributed by atoms with Gasteiger partial charge in [0.1, 0.15) is 0 Å². The number of halogens is 1. The van der Waals surface area contributed by atoms with Crippen molar-refractivity contribution in [3.63, 3.8) is 0 Å². The number of amides is 2. The highest BCUT2D eigenvalue weighted by Crippen LogP contribution is 2.20. The molecule has 0 atom stereocenters. The molecule has 0 aromatic carbocycles. The van der Waals surface area contributed by atoms with Gasteiger partial charge in [0.2, 0.25) is 5.91 Å². The highest BCUT2D eigenvalue weighted by atomic mass is 79.9. The van der Waals surface area contributed by atoms with Crippen LogP contribution in [0.15, 0.2) is 15.2 Å². The van der Waals surface area contributed by atoms with Crippen molar-refractivity contribution in [1.82, 2.24) is 10.2 Å². The molecule has 5 nitrogen and oxygen atoms in total. The van der Waals surface area contributed by atoms with Gasteiger partial charge < -0.3 is 15.0 Å². The summed E-state index contributed by atoms with van der Waals surface area (Å²) in [5, 5.41) is 4.53. The van der Waals surface area contributed by atoms with Crippen LogP contribution in [0.2, 0.25) is 0 Å². The Labute approximate surface area is 124 Å². The molecule has 19 heavy (non-hydrogen) atoms. The zero-order valence-electron chi connectivity index (χ0n) is 10.4. The highest BCUT2D eigenvalue weighted by molar-refractivity contribution is 9.11. The van der Waals surface area contributed by atoms with Crippen molar-refractivity contribution in [2.45, 2.75) is 6.42 Å². The maximum absolute atomic E-state index is 11.8. The minimum absolute atomic E-state index is 0.0649. The minimum atomic E-state index is -0.142. The highest BCUT2D eigenvalue weighted by Gasteiger charge is 2.16. The van der Waals surface area contributed by atoms with Crippen LogP contribution in [0, 0.1) is 0 Å². The summed E-state index contributed by atoms with van der Waals surface area (Å²) >= 11 is 4.77. The number of hydrogen-bond donors (Lipinski definition) is 1. The van der Waals surface area contributed by atoms with Crippen LogP contribution in [0.3, 0.4) is 0 Å². The van der Waals surface area contributed by atoms with E-state index in [1.807, 2.05) is 0 Å². The fraction of sp³-hybridized carbons (Fsp3) is 0.500. The van der Waals surface area contributed by atoms with Crippen LogP contribution < -0.4 is 5.32 Å². The van der Waals surface area contributed by atoms with Gasteiger partial charge in [0.15, 0.2) is 0 Å². The molecule has 1 aromatic heterocycles. The zero-order chi connectivity index (χ0) is 13.7. The van der Waals surface area contributed by atoms with E-state index in [2.05, 4.69) is 21.2 Å². The summed E-state index contributed by atoms with van der Waals surface area (Å²) in [6, 6.07) is 1.77. The van der Waals surface area contributed by atoms with E-state index in [-0.39, 0.29) is 11.8 Å². The van der Waals surface area contributed by atoms with Gasteiger partial charge in [-0.2, -0.15) is 0 Å². The molecule has 2 amide bonds. The van der Waals surface area contributed by atoms with E-state index in [9.17, 15) is 9.59 Å². The molecule has 1 N–H and O–H groups in total. The Morgan fingerprint density at radius 3 is 2.79 bits per heavy atom. The molecule has 2 rings (SSSR count). The van der Waals surface area contributed by atoms with Crippen LogP contribution in [0.1, 0.15) is 16.8 Å². The third kappa shape index (κ3) is 4.29. The lowest BCUT2D eigenvalue weighted by atomic mass is 10.3. The molecule has 2 heterocycles. The fourth-order valence-corrected chi connectivity index (χ4v) is 2.92. The number of ether oxygens (including phenoxy) is 1.